The van der Waals surface area contributed by atoms with Gasteiger partial charge in [-0.1, -0.05) is 65.0 Å². The molecule has 0 saturated heterocycles. The van der Waals surface area contributed by atoms with Gasteiger partial charge in [-0.2, -0.15) is 0 Å². The molecule has 1 aromatic rings. The minimum Gasteiger partial charge on any atom is -0.478 e. The highest BCUT2D eigenvalue weighted by Crippen LogP contribution is 2.39. The Kier molecular flexibility index (Phi) is 8.13. The second-order valence-electron chi connectivity index (χ2n) is 11.7. The Morgan fingerprint density at radius 1 is 1.19 bits per heavy atom. The second-order valence-corrected chi connectivity index (χ2v) is 11.7. The summed E-state index contributed by atoms with van der Waals surface area (Å²) >= 11 is 0. The van der Waals surface area contributed by atoms with Gasteiger partial charge >= 0.3 is 5.97 Å². The molecule has 0 radical (unpaired) electrons. The minimum absolute atomic E-state index is 0.00170. The number of aliphatic carboxylic acids is 1. The molecule has 1 aromatic carbocycles. The van der Waals surface area contributed by atoms with Crippen molar-refractivity contribution >= 4 is 23.4 Å². The molecule has 2 N–H and O–H groups in total. The van der Waals surface area contributed by atoms with Crippen molar-refractivity contribution in [1.82, 2.24) is 15.1 Å². The van der Waals surface area contributed by atoms with E-state index in [1.165, 1.54) is 29.2 Å². The molecular weight excluding hydrogens is 454 g/mol. The predicted molar refractivity (Wildman–Crippen MR) is 142 cm³/mol. The fourth-order valence-corrected chi connectivity index (χ4v) is 5.27. The standard InChI is InChI=1S/C29H41N3O4/c1-17(2)23(13-18(3)28(35)36)32(8)27(34)25(29(4,5)6)30-26(33)24-15-22-20(16-31(24)7)14-19-11-9-10-12-21(19)22/h9-13,17,23-25H,14-16H2,1-8H3,(H,30,33)(H,35,36)/b18-13+/t23-,24?,25-/m1/s1. The molecule has 0 bridgehead atoms. The first-order valence-corrected chi connectivity index (χ1v) is 12.7. The van der Waals surface area contributed by atoms with Crippen LogP contribution in [0.15, 0.2) is 41.5 Å². The normalized spacial score (nSPS) is 20.0. The Balaban J connectivity index is 1.82. The topological polar surface area (TPSA) is 90.0 Å². The summed E-state index contributed by atoms with van der Waals surface area (Å²) in [6, 6.07) is 6.85. The van der Waals surface area contributed by atoms with Crippen molar-refractivity contribution in [1.29, 1.82) is 0 Å². The van der Waals surface area contributed by atoms with Crippen LogP contribution in [0.5, 0.6) is 0 Å². The van der Waals surface area contributed by atoms with E-state index >= 15 is 0 Å². The molecule has 0 aromatic heterocycles. The van der Waals surface area contributed by atoms with Gasteiger partial charge in [-0.05, 0) is 60.4 Å². The number of rotatable bonds is 7. The zero-order valence-corrected chi connectivity index (χ0v) is 22.9. The summed E-state index contributed by atoms with van der Waals surface area (Å²) in [5.74, 6) is -1.39. The van der Waals surface area contributed by atoms with Crippen molar-refractivity contribution in [2.24, 2.45) is 11.3 Å². The maximum Gasteiger partial charge on any atom is 0.331 e. The zero-order chi connectivity index (χ0) is 26.9. The lowest BCUT2D eigenvalue weighted by Crippen LogP contribution is -2.59. The van der Waals surface area contributed by atoms with E-state index in [9.17, 15) is 19.5 Å². The van der Waals surface area contributed by atoms with Gasteiger partial charge in [0.25, 0.3) is 0 Å². The van der Waals surface area contributed by atoms with Crippen molar-refractivity contribution in [2.45, 2.75) is 72.5 Å². The fraction of sp³-hybridized carbons (Fsp3) is 0.552. The van der Waals surface area contributed by atoms with Gasteiger partial charge in [-0.15, -0.1) is 0 Å². The number of hydrogen-bond donors (Lipinski definition) is 2. The minimum atomic E-state index is -1.01. The van der Waals surface area contributed by atoms with Crippen LogP contribution in [0.4, 0.5) is 0 Å². The number of amides is 2. The second kappa shape index (κ2) is 10.6. The molecule has 1 heterocycles. The molecule has 7 nitrogen and oxygen atoms in total. The third-order valence-electron chi connectivity index (χ3n) is 7.48. The lowest BCUT2D eigenvalue weighted by atomic mass is 9.84. The highest BCUT2D eigenvalue weighted by molar-refractivity contribution is 5.93. The van der Waals surface area contributed by atoms with E-state index in [4.69, 9.17) is 0 Å². The van der Waals surface area contributed by atoms with Crippen molar-refractivity contribution in [2.75, 3.05) is 20.6 Å². The number of carbonyl (C=O) groups is 3. The third kappa shape index (κ3) is 5.72. The van der Waals surface area contributed by atoms with E-state index < -0.39 is 23.5 Å². The van der Waals surface area contributed by atoms with Gasteiger partial charge < -0.3 is 15.3 Å². The van der Waals surface area contributed by atoms with E-state index in [1.807, 2.05) is 47.7 Å². The van der Waals surface area contributed by atoms with Crippen LogP contribution in [0.2, 0.25) is 0 Å². The number of likely N-dealkylation sites (N-methyl/N-ethyl adjacent to an activating group) is 2. The van der Waals surface area contributed by atoms with Crippen LogP contribution in [-0.2, 0) is 20.8 Å². The van der Waals surface area contributed by atoms with Crippen LogP contribution in [0.1, 0.15) is 59.1 Å². The summed E-state index contributed by atoms with van der Waals surface area (Å²) < 4.78 is 0. The average molecular weight is 496 g/mol. The molecule has 3 rings (SSSR count). The number of carbonyl (C=O) groups excluding carboxylic acids is 2. The number of benzene rings is 1. The summed E-state index contributed by atoms with van der Waals surface area (Å²) in [7, 11) is 3.65. The van der Waals surface area contributed by atoms with Crippen molar-refractivity contribution in [3.8, 4) is 0 Å². The monoisotopic (exact) mass is 495 g/mol. The molecular formula is C29H41N3O4. The van der Waals surface area contributed by atoms with Gasteiger partial charge in [0.05, 0.1) is 12.1 Å². The van der Waals surface area contributed by atoms with Gasteiger partial charge in [0.2, 0.25) is 11.8 Å². The molecule has 2 amide bonds. The maximum atomic E-state index is 13.7. The molecule has 0 fully saturated rings. The molecule has 196 valence electrons. The van der Waals surface area contributed by atoms with Gasteiger partial charge in [0.1, 0.15) is 6.04 Å². The molecule has 0 spiro atoms. The van der Waals surface area contributed by atoms with Crippen LogP contribution in [0.3, 0.4) is 0 Å². The van der Waals surface area contributed by atoms with Gasteiger partial charge in [0, 0.05) is 19.2 Å². The molecule has 1 unspecified atom stereocenters. The Labute approximate surface area is 215 Å². The molecule has 0 saturated carbocycles. The lowest BCUT2D eigenvalue weighted by molar-refractivity contribution is -0.141. The summed E-state index contributed by atoms with van der Waals surface area (Å²) in [5, 5.41) is 12.4. The highest BCUT2D eigenvalue weighted by atomic mass is 16.4. The largest absolute Gasteiger partial charge is 0.478 e. The maximum absolute atomic E-state index is 13.7. The zero-order valence-electron chi connectivity index (χ0n) is 22.9. The number of carboxylic acid groups (broad SMARTS) is 1. The van der Waals surface area contributed by atoms with Crippen molar-refractivity contribution in [3.63, 3.8) is 0 Å². The SMILES string of the molecule is C/C(=C\[C@H](C(C)C)N(C)C(=O)[C@@H](NC(=O)C1CC2=C(Cc3ccccc32)CN1C)C(C)(C)C)C(=O)O. The first-order valence-electron chi connectivity index (χ1n) is 12.7. The number of carboxylic acids is 1. The van der Waals surface area contributed by atoms with E-state index in [0.717, 1.165) is 13.0 Å². The molecule has 7 heteroatoms. The van der Waals surface area contributed by atoms with Crippen molar-refractivity contribution < 1.29 is 19.5 Å². The Bertz CT molecular complexity index is 1100. The molecule has 36 heavy (non-hydrogen) atoms. The molecule has 1 aliphatic carbocycles. The third-order valence-corrected chi connectivity index (χ3v) is 7.48. The van der Waals surface area contributed by atoms with Crippen LogP contribution >= 0.6 is 0 Å². The van der Waals surface area contributed by atoms with Crippen LogP contribution < -0.4 is 5.32 Å². The summed E-state index contributed by atoms with van der Waals surface area (Å²) in [6.45, 7) is 12.0. The number of fused-ring (bicyclic) bond motifs is 2. The first-order chi connectivity index (χ1) is 16.7. The quantitative estimate of drug-likeness (QED) is 0.563. The fourth-order valence-electron chi connectivity index (χ4n) is 5.27. The summed E-state index contributed by atoms with van der Waals surface area (Å²) in [5.41, 5.74) is 4.83. The van der Waals surface area contributed by atoms with Gasteiger partial charge in [-0.3, -0.25) is 14.5 Å². The van der Waals surface area contributed by atoms with E-state index in [1.54, 1.807) is 18.0 Å². The summed E-state index contributed by atoms with van der Waals surface area (Å²) in [4.78, 5) is 42.4. The van der Waals surface area contributed by atoms with E-state index in [0.29, 0.717) is 6.42 Å². The molecule has 1 aliphatic heterocycles. The molecule has 2 aliphatic rings. The van der Waals surface area contributed by atoms with Gasteiger partial charge in [-0.25, -0.2) is 4.79 Å². The Morgan fingerprint density at radius 3 is 2.42 bits per heavy atom. The average Bonchev–Trinajstić information content (AvgIpc) is 3.15. The van der Waals surface area contributed by atoms with E-state index in [2.05, 4.69) is 28.4 Å². The summed E-state index contributed by atoms with van der Waals surface area (Å²) in [6.07, 6.45) is 3.16. The predicted octanol–water partition coefficient (Wildman–Crippen LogP) is 3.75. The Hall–Kier alpha value is -2.93. The number of hydrogen-bond acceptors (Lipinski definition) is 4. The lowest BCUT2D eigenvalue weighted by Gasteiger charge is -2.39. The van der Waals surface area contributed by atoms with Crippen molar-refractivity contribution in [3.05, 3.63) is 52.6 Å². The van der Waals surface area contributed by atoms with Crippen LogP contribution in [0.25, 0.3) is 5.57 Å². The number of nitrogens with one attached hydrogen (secondary N) is 1. The molecule has 3 atom stereocenters. The van der Waals surface area contributed by atoms with Crippen LogP contribution in [0, 0.1) is 11.3 Å². The van der Waals surface area contributed by atoms with Crippen LogP contribution in [-0.4, -0.2) is 71.5 Å². The number of nitrogens with zero attached hydrogens (tertiary/aromatic N) is 2. The smallest absolute Gasteiger partial charge is 0.331 e. The van der Waals surface area contributed by atoms with E-state index in [-0.39, 0.29) is 29.3 Å². The highest BCUT2D eigenvalue weighted by Gasteiger charge is 2.40. The van der Waals surface area contributed by atoms with Gasteiger partial charge in [0.15, 0.2) is 0 Å². The first kappa shape index (κ1) is 27.7. The Morgan fingerprint density at radius 2 is 1.83 bits per heavy atom.